The fraction of sp³-hybridized carbons (Fsp3) is 0.643. The zero-order valence-electron chi connectivity index (χ0n) is 11.9. The molecule has 1 fully saturated rings. The molecule has 0 spiro atoms. The number of hydrogen-bond donors (Lipinski definition) is 1. The molecule has 1 aromatic rings. The summed E-state index contributed by atoms with van der Waals surface area (Å²) in [6.45, 7) is 3.60. The van der Waals surface area contributed by atoms with Crippen molar-refractivity contribution in [2.45, 2.75) is 51.6 Å². The fourth-order valence-corrected chi connectivity index (χ4v) is 2.61. The molecule has 0 bridgehead atoms. The number of aryl methyl sites for hydroxylation is 1. The van der Waals surface area contributed by atoms with Crippen LogP contribution in [-0.2, 0) is 4.79 Å². The molecule has 1 N–H and O–H groups in total. The summed E-state index contributed by atoms with van der Waals surface area (Å²) in [5.74, 6) is 1.05. The number of nitrogens with one attached hydrogen (secondary N) is 1. The number of amides is 1. The number of hydrogen-bond acceptors (Lipinski definition) is 4. The summed E-state index contributed by atoms with van der Waals surface area (Å²) in [6, 6.07) is 2.81. The van der Waals surface area contributed by atoms with Crippen molar-refractivity contribution in [2.75, 3.05) is 12.4 Å². The molecule has 5 nitrogen and oxygen atoms in total. The van der Waals surface area contributed by atoms with Gasteiger partial charge in [0.15, 0.2) is 0 Å². The zero-order chi connectivity index (χ0) is 13.8. The van der Waals surface area contributed by atoms with E-state index in [1.54, 1.807) is 13.3 Å². The highest BCUT2D eigenvalue weighted by Gasteiger charge is 2.25. The zero-order valence-corrected chi connectivity index (χ0v) is 11.9. The lowest BCUT2D eigenvalue weighted by atomic mass is 9.90. The first kappa shape index (κ1) is 13.8. The second-order valence-corrected chi connectivity index (χ2v) is 5.32. The topological polar surface area (TPSA) is 58.1 Å². The molecule has 0 radical (unpaired) electrons. The Hall–Kier alpha value is -1.65. The van der Waals surface area contributed by atoms with Crippen LogP contribution in [0, 0.1) is 6.92 Å². The van der Waals surface area contributed by atoms with Crippen LogP contribution in [0.25, 0.3) is 0 Å². The van der Waals surface area contributed by atoms with E-state index in [1.165, 1.54) is 0 Å². The van der Waals surface area contributed by atoms with Gasteiger partial charge >= 0.3 is 0 Å². The predicted octanol–water partition coefficient (Wildman–Crippen LogP) is 1.99. The van der Waals surface area contributed by atoms with Gasteiger partial charge < -0.3 is 10.2 Å². The maximum absolute atomic E-state index is 11.3. The Kier molecular flexibility index (Phi) is 4.35. The van der Waals surface area contributed by atoms with E-state index in [-0.39, 0.29) is 5.91 Å². The SMILES string of the molecule is CC(=O)N(C)[C@H]1CC[C@@H](Nc2cc(C)ncn2)CC1. The Morgan fingerprint density at radius 2 is 2.00 bits per heavy atom. The van der Waals surface area contributed by atoms with Crippen LogP contribution in [0.4, 0.5) is 5.82 Å². The summed E-state index contributed by atoms with van der Waals surface area (Å²) in [5.41, 5.74) is 0.975. The van der Waals surface area contributed by atoms with Crippen molar-refractivity contribution in [1.82, 2.24) is 14.9 Å². The third-order valence-corrected chi connectivity index (χ3v) is 3.90. The van der Waals surface area contributed by atoms with Crippen LogP contribution in [0.2, 0.25) is 0 Å². The summed E-state index contributed by atoms with van der Waals surface area (Å²) in [7, 11) is 1.90. The molecule has 1 aromatic heterocycles. The van der Waals surface area contributed by atoms with Crippen molar-refractivity contribution in [2.24, 2.45) is 0 Å². The highest BCUT2D eigenvalue weighted by Crippen LogP contribution is 2.24. The number of rotatable bonds is 3. The van der Waals surface area contributed by atoms with Crippen LogP contribution >= 0.6 is 0 Å². The first-order valence-corrected chi connectivity index (χ1v) is 6.85. The summed E-state index contributed by atoms with van der Waals surface area (Å²) in [4.78, 5) is 21.5. The van der Waals surface area contributed by atoms with Gasteiger partial charge in [0.25, 0.3) is 0 Å². The highest BCUT2D eigenvalue weighted by atomic mass is 16.2. The summed E-state index contributed by atoms with van der Waals surface area (Å²) in [6.07, 6.45) is 5.85. The Morgan fingerprint density at radius 3 is 2.58 bits per heavy atom. The van der Waals surface area contributed by atoms with Crippen LogP contribution in [0.3, 0.4) is 0 Å². The standard InChI is InChI=1S/C14H22N4O/c1-10-8-14(16-9-15-10)17-12-4-6-13(7-5-12)18(3)11(2)19/h8-9,12-13H,4-7H2,1-3H3,(H,15,16,17)/t12-,13+. The van der Waals surface area contributed by atoms with E-state index >= 15 is 0 Å². The molecule has 1 amide bonds. The molecule has 1 saturated carbocycles. The lowest BCUT2D eigenvalue weighted by molar-refractivity contribution is -0.130. The molecule has 19 heavy (non-hydrogen) atoms. The monoisotopic (exact) mass is 262 g/mol. The average Bonchev–Trinajstić information content (AvgIpc) is 2.39. The molecule has 2 rings (SSSR count). The van der Waals surface area contributed by atoms with Gasteiger partial charge in [0.1, 0.15) is 12.1 Å². The van der Waals surface area contributed by atoms with Gasteiger partial charge in [-0.25, -0.2) is 9.97 Å². The van der Waals surface area contributed by atoms with Crippen molar-refractivity contribution >= 4 is 11.7 Å². The molecule has 1 heterocycles. The Bertz CT molecular complexity index is 441. The minimum Gasteiger partial charge on any atom is -0.367 e. The van der Waals surface area contributed by atoms with Crippen molar-refractivity contribution in [1.29, 1.82) is 0 Å². The van der Waals surface area contributed by atoms with Gasteiger partial charge in [-0.1, -0.05) is 0 Å². The Balaban J connectivity index is 1.85. The van der Waals surface area contributed by atoms with E-state index in [0.717, 1.165) is 37.2 Å². The maximum Gasteiger partial charge on any atom is 0.219 e. The van der Waals surface area contributed by atoms with Crippen LogP contribution < -0.4 is 5.32 Å². The quantitative estimate of drug-likeness (QED) is 0.905. The van der Waals surface area contributed by atoms with E-state index in [4.69, 9.17) is 0 Å². The van der Waals surface area contributed by atoms with Crippen LogP contribution in [0.5, 0.6) is 0 Å². The average molecular weight is 262 g/mol. The van der Waals surface area contributed by atoms with Crippen molar-refractivity contribution < 1.29 is 4.79 Å². The first-order chi connectivity index (χ1) is 9.06. The van der Waals surface area contributed by atoms with Crippen LogP contribution in [0.1, 0.15) is 38.3 Å². The van der Waals surface area contributed by atoms with E-state index in [2.05, 4.69) is 15.3 Å². The molecular formula is C14H22N4O. The molecule has 1 aliphatic rings. The molecule has 104 valence electrons. The molecule has 5 heteroatoms. The Morgan fingerprint density at radius 1 is 1.32 bits per heavy atom. The van der Waals surface area contributed by atoms with E-state index < -0.39 is 0 Å². The molecule has 0 aromatic carbocycles. The molecule has 0 saturated heterocycles. The second kappa shape index (κ2) is 5.99. The lowest BCUT2D eigenvalue weighted by Gasteiger charge is -2.34. The minimum absolute atomic E-state index is 0.155. The number of anilines is 1. The van der Waals surface area contributed by atoms with Gasteiger partial charge in [-0.2, -0.15) is 0 Å². The van der Waals surface area contributed by atoms with Gasteiger partial charge in [0.2, 0.25) is 5.91 Å². The fourth-order valence-electron chi connectivity index (χ4n) is 2.61. The molecular weight excluding hydrogens is 240 g/mol. The van der Waals surface area contributed by atoms with E-state index in [9.17, 15) is 4.79 Å². The van der Waals surface area contributed by atoms with Gasteiger partial charge in [-0.15, -0.1) is 0 Å². The summed E-state index contributed by atoms with van der Waals surface area (Å²) >= 11 is 0. The highest BCUT2D eigenvalue weighted by molar-refractivity contribution is 5.73. The summed E-state index contributed by atoms with van der Waals surface area (Å²) < 4.78 is 0. The third kappa shape index (κ3) is 3.66. The van der Waals surface area contributed by atoms with Gasteiger partial charge in [-0.05, 0) is 32.6 Å². The molecule has 0 atom stereocenters. The van der Waals surface area contributed by atoms with Gasteiger partial charge in [0, 0.05) is 37.8 Å². The number of nitrogens with zero attached hydrogens (tertiary/aromatic N) is 3. The largest absolute Gasteiger partial charge is 0.367 e. The van der Waals surface area contributed by atoms with E-state index in [0.29, 0.717) is 12.1 Å². The summed E-state index contributed by atoms with van der Waals surface area (Å²) in [5, 5.41) is 3.46. The van der Waals surface area contributed by atoms with Crippen molar-refractivity contribution in [3.8, 4) is 0 Å². The number of carbonyl (C=O) groups is 1. The third-order valence-electron chi connectivity index (χ3n) is 3.90. The second-order valence-electron chi connectivity index (χ2n) is 5.32. The number of carbonyl (C=O) groups excluding carboxylic acids is 1. The van der Waals surface area contributed by atoms with Crippen molar-refractivity contribution in [3.05, 3.63) is 18.1 Å². The lowest BCUT2D eigenvalue weighted by Crippen LogP contribution is -2.40. The molecule has 1 aliphatic carbocycles. The smallest absolute Gasteiger partial charge is 0.219 e. The van der Waals surface area contributed by atoms with Gasteiger partial charge in [-0.3, -0.25) is 4.79 Å². The molecule has 0 aliphatic heterocycles. The van der Waals surface area contributed by atoms with Gasteiger partial charge in [0.05, 0.1) is 0 Å². The van der Waals surface area contributed by atoms with Crippen LogP contribution in [0.15, 0.2) is 12.4 Å². The van der Waals surface area contributed by atoms with E-state index in [1.807, 2.05) is 24.9 Å². The minimum atomic E-state index is 0.155. The van der Waals surface area contributed by atoms with Crippen molar-refractivity contribution in [3.63, 3.8) is 0 Å². The number of aromatic nitrogens is 2. The maximum atomic E-state index is 11.3. The first-order valence-electron chi connectivity index (χ1n) is 6.85. The molecule has 0 unspecified atom stereocenters. The van der Waals surface area contributed by atoms with Crippen LogP contribution in [-0.4, -0.2) is 39.9 Å². The predicted molar refractivity (Wildman–Crippen MR) is 74.9 cm³/mol. The normalized spacial score (nSPS) is 22.9. The Labute approximate surface area is 114 Å².